The van der Waals surface area contributed by atoms with Crippen molar-refractivity contribution < 1.29 is 14.6 Å². The number of carboxylic acid groups (broad SMARTS) is 1. The van der Waals surface area contributed by atoms with Crippen LogP contribution in [-0.2, 0) is 31.4 Å². The molecular formula is C24H23N3O3. The molecule has 6 heteroatoms. The monoisotopic (exact) mass is 401 g/mol. The van der Waals surface area contributed by atoms with Crippen LogP contribution < -0.4 is 10.5 Å². The van der Waals surface area contributed by atoms with E-state index in [0.717, 1.165) is 33.3 Å². The van der Waals surface area contributed by atoms with Crippen LogP contribution >= 0.6 is 0 Å². The van der Waals surface area contributed by atoms with Gasteiger partial charge >= 0.3 is 5.97 Å². The molecule has 30 heavy (non-hydrogen) atoms. The Bertz CT molecular complexity index is 1210. The standard InChI is InChI=1S/C24H23N3O3/c1-27-22(15-30-23-8-3-2-6-19(23)13-24(28)29)20-12-18(9-10-21(20)26-27)17-7-4-5-16(11-17)14-25/h2-12H,13-15,25H2,1H3,(H,28,29). The normalized spacial score (nSPS) is 11.0. The molecule has 0 unspecified atom stereocenters. The van der Waals surface area contributed by atoms with Gasteiger partial charge in [0.15, 0.2) is 0 Å². The second kappa shape index (κ2) is 8.39. The fraction of sp³-hybridized carbons (Fsp3) is 0.167. The Morgan fingerprint density at radius 1 is 1.07 bits per heavy atom. The number of aromatic nitrogens is 2. The third-order valence-corrected chi connectivity index (χ3v) is 5.13. The van der Waals surface area contributed by atoms with Crippen LogP contribution in [0, 0.1) is 0 Å². The Labute approximate surface area is 174 Å². The second-order valence-electron chi connectivity index (χ2n) is 7.17. The molecule has 0 bridgehead atoms. The number of para-hydroxylation sites is 1. The van der Waals surface area contributed by atoms with Crippen molar-refractivity contribution in [2.24, 2.45) is 12.8 Å². The molecule has 0 radical (unpaired) electrons. The zero-order chi connectivity index (χ0) is 21.1. The number of nitrogens with zero attached hydrogens (tertiary/aromatic N) is 2. The number of aliphatic carboxylic acids is 1. The third kappa shape index (κ3) is 4.04. The van der Waals surface area contributed by atoms with Crippen molar-refractivity contribution in [2.75, 3.05) is 0 Å². The van der Waals surface area contributed by atoms with Crippen LogP contribution in [0.25, 0.3) is 22.0 Å². The van der Waals surface area contributed by atoms with Gasteiger partial charge in [-0.3, -0.25) is 9.48 Å². The second-order valence-corrected chi connectivity index (χ2v) is 7.17. The minimum absolute atomic E-state index is 0.0794. The van der Waals surface area contributed by atoms with E-state index in [0.29, 0.717) is 17.9 Å². The van der Waals surface area contributed by atoms with E-state index in [9.17, 15) is 4.79 Å². The van der Waals surface area contributed by atoms with Crippen molar-refractivity contribution in [1.82, 2.24) is 9.78 Å². The molecule has 4 aromatic rings. The zero-order valence-corrected chi connectivity index (χ0v) is 16.7. The molecule has 0 amide bonds. The van der Waals surface area contributed by atoms with Gasteiger partial charge in [0.25, 0.3) is 0 Å². The Kier molecular flexibility index (Phi) is 5.50. The first-order valence-electron chi connectivity index (χ1n) is 9.72. The highest BCUT2D eigenvalue weighted by Gasteiger charge is 2.13. The van der Waals surface area contributed by atoms with Crippen LogP contribution in [-0.4, -0.2) is 20.9 Å². The average Bonchev–Trinajstić information content (AvgIpc) is 3.07. The van der Waals surface area contributed by atoms with Crippen molar-refractivity contribution in [3.8, 4) is 16.9 Å². The number of hydrogen-bond acceptors (Lipinski definition) is 4. The number of nitrogens with two attached hydrogens (primary N) is 1. The molecule has 0 aliphatic carbocycles. The van der Waals surface area contributed by atoms with Crippen molar-refractivity contribution >= 4 is 16.9 Å². The average molecular weight is 401 g/mol. The van der Waals surface area contributed by atoms with Crippen LogP contribution in [0.1, 0.15) is 16.8 Å². The van der Waals surface area contributed by atoms with Crippen molar-refractivity contribution in [2.45, 2.75) is 19.6 Å². The summed E-state index contributed by atoms with van der Waals surface area (Å²) in [5.41, 5.74) is 11.5. The molecule has 1 aromatic heterocycles. The highest BCUT2D eigenvalue weighted by Crippen LogP contribution is 2.28. The maximum atomic E-state index is 11.1. The number of aryl methyl sites for hydroxylation is 1. The minimum Gasteiger partial charge on any atom is -0.487 e. The largest absolute Gasteiger partial charge is 0.487 e. The van der Waals surface area contributed by atoms with Crippen LogP contribution in [0.4, 0.5) is 0 Å². The first-order valence-corrected chi connectivity index (χ1v) is 9.72. The Morgan fingerprint density at radius 3 is 2.67 bits per heavy atom. The highest BCUT2D eigenvalue weighted by molar-refractivity contribution is 5.87. The van der Waals surface area contributed by atoms with Gasteiger partial charge in [-0.15, -0.1) is 0 Å². The topological polar surface area (TPSA) is 90.4 Å². The van der Waals surface area contributed by atoms with E-state index in [2.05, 4.69) is 29.4 Å². The summed E-state index contributed by atoms with van der Waals surface area (Å²) in [4.78, 5) is 11.1. The highest BCUT2D eigenvalue weighted by atomic mass is 16.5. The third-order valence-electron chi connectivity index (χ3n) is 5.13. The van der Waals surface area contributed by atoms with E-state index in [4.69, 9.17) is 15.6 Å². The Morgan fingerprint density at radius 2 is 1.87 bits per heavy atom. The van der Waals surface area contributed by atoms with Gasteiger partial charge < -0.3 is 15.6 Å². The molecular weight excluding hydrogens is 378 g/mol. The van der Waals surface area contributed by atoms with Crippen LogP contribution in [0.5, 0.6) is 5.75 Å². The maximum absolute atomic E-state index is 11.1. The fourth-order valence-corrected chi connectivity index (χ4v) is 3.58. The molecule has 0 aliphatic heterocycles. The van der Waals surface area contributed by atoms with Crippen LogP contribution in [0.3, 0.4) is 0 Å². The van der Waals surface area contributed by atoms with Gasteiger partial charge in [-0.25, -0.2) is 0 Å². The number of benzene rings is 3. The summed E-state index contributed by atoms with van der Waals surface area (Å²) < 4.78 is 7.82. The molecule has 1 heterocycles. The summed E-state index contributed by atoms with van der Waals surface area (Å²) in [6.07, 6.45) is -0.0794. The van der Waals surface area contributed by atoms with E-state index in [-0.39, 0.29) is 13.0 Å². The smallest absolute Gasteiger partial charge is 0.307 e. The first kappa shape index (κ1) is 19.7. The lowest BCUT2D eigenvalue weighted by Gasteiger charge is -2.11. The number of carboxylic acids is 1. The summed E-state index contributed by atoms with van der Waals surface area (Å²) in [7, 11) is 1.89. The molecule has 0 spiro atoms. The van der Waals surface area contributed by atoms with Crippen molar-refractivity contribution in [1.29, 1.82) is 0 Å². The summed E-state index contributed by atoms with van der Waals surface area (Å²) in [6.45, 7) is 0.785. The Balaban J connectivity index is 1.66. The van der Waals surface area contributed by atoms with Gasteiger partial charge in [0, 0.05) is 24.5 Å². The lowest BCUT2D eigenvalue weighted by atomic mass is 10.0. The summed E-state index contributed by atoms with van der Waals surface area (Å²) in [5, 5.41) is 14.7. The molecule has 3 N–H and O–H groups in total. The first-order chi connectivity index (χ1) is 14.5. The molecule has 3 aromatic carbocycles. The van der Waals surface area contributed by atoms with Gasteiger partial charge in [0.2, 0.25) is 0 Å². The van der Waals surface area contributed by atoms with Gasteiger partial charge in [-0.2, -0.15) is 5.10 Å². The number of carbonyl (C=O) groups is 1. The van der Waals surface area contributed by atoms with Crippen molar-refractivity contribution in [3.63, 3.8) is 0 Å². The van der Waals surface area contributed by atoms with Gasteiger partial charge in [0.1, 0.15) is 12.4 Å². The molecule has 0 fully saturated rings. The quantitative estimate of drug-likeness (QED) is 0.490. The molecule has 0 saturated carbocycles. The predicted molar refractivity (Wildman–Crippen MR) is 116 cm³/mol. The summed E-state index contributed by atoms with van der Waals surface area (Å²) >= 11 is 0. The van der Waals surface area contributed by atoms with Crippen LogP contribution in [0.15, 0.2) is 66.7 Å². The molecule has 6 nitrogen and oxygen atoms in total. The Hall–Kier alpha value is -3.64. The number of rotatable bonds is 7. The van der Waals surface area contributed by atoms with E-state index in [1.807, 2.05) is 42.1 Å². The van der Waals surface area contributed by atoms with E-state index >= 15 is 0 Å². The summed E-state index contributed by atoms with van der Waals surface area (Å²) in [6, 6.07) is 21.6. The lowest BCUT2D eigenvalue weighted by molar-refractivity contribution is -0.136. The minimum atomic E-state index is -0.888. The van der Waals surface area contributed by atoms with Crippen LogP contribution in [0.2, 0.25) is 0 Å². The van der Waals surface area contributed by atoms with E-state index < -0.39 is 5.97 Å². The number of hydrogen-bond donors (Lipinski definition) is 2. The summed E-state index contributed by atoms with van der Waals surface area (Å²) in [5.74, 6) is -0.317. The zero-order valence-electron chi connectivity index (χ0n) is 16.7. The molecule has 0 saturated heterocycles. The maximum Gasteiger partial charge on any atom is 0.307 e. The van der Waals surface area contributed by atoms with E-state index in [1.165, 1.54) is 0 Å². The lowest BCUT2D eigenvalue weighted by Crippen LogP contribution is -2.06. The molecule has 0 aliphatic rings. The molecule has 152 valence electrons. The van der Waals surface area contributed by atoms with Gasteiger partial charge in [-0.05, 0) is 41.0 Å². The fourth-order valence-electron chi connectivity index (χ4n) is 3.58. The van der Waals surface area contributed by atoms with Gasteiger partial charge in [-0.1, -0.05) is 42.5 Å². The number of fused-ring (bicyclic) bond motifs is 1. The van der Waals surface area contributed by atoms with Gasteiger partial charge in [0.05, 0.1) is 17.6 Å². The number of ether oxygens (including phenoxy) is 1. The SMILES string of the molecule is Cn1nc2ccc(-c3cccc(CN)c3)cc2c1COc1ccccc1CC(=O)O. The van der Waals surface area contributed by atoms with Crippen molar-refractivity contribution in [3.05, 3.63) is 83.6 Å². The van der Waals surface area contributed by atoms with E-state index in [1.54, 1.807) is 12.1 Å². The predicted octanol–water partition coefficient (Wildman–Crippen LogP) is 3.91. The molecule has 0 atom stereocenters. The molecule has 4 rings (SSSR count).